The molecule has 0 aliphatic rings. The third-order valence-electron chi connectivity index (χ3n) is 2.13. The Hall–Kier alpha value is -0.650. The Labute approximate surface area is 110 Å². The van der Waals surface area contributed by atoms with Crippen molar-refractivity contribution in [2.75, 3.05) is 0 Å². The molecule has 1 N–H and O–H groups in total. The van der Waals surface area contributed by atoms with Crippen LogP contribution in [0.3, 0.4) is 0 Å². The largest absolute Gasteiger partial charge is 0.469 e. The molecule has 3 nitrogen and oxygen atoms in total. The summed E-state index contributed by atoms with van der Waals surface area (Å²) < 4.78 is 6.82. The highest BCUT2D eigenvalue weighted by molar-refractivity contribution is 9.11. The monoisotopic (exact) mass is 345 g/mol. The average Bonchev–Trinajstić information content (AvgIpc) is 2.70. The highest BCUT2D eigenvalue weighted by atomic mass is 79.9. The molecule has 0 fully saturated rings. The summed E-state index contributed by atoms with van der Waals surface area (Å²) in [6.45, 7) is 0. The van der Waals surface area contributed by atoms with Crippen LogP contribution in [0.2, 0.25) is 0 Å². The number of hydrogen-bond acceptors (Lipinski definition) is 3. The van der Waals surface area contributed by atoms with E-state index >= 15 is 0 Å². The molecule has 2 aromatic heterocycles. The van der Waals surface area contributed by atoms with E-state index in [2.05, 4.69) is 36.8 Å². The highest BCUT2D eigenvalue weighted by Gasteiger charge is 2.15. The van der Waals surface area contributed by atoms with E-state index in [0.29, 0.717) is 12.1 Å². The van der Waals surface area contributed by atoms with E-state index in [1.165, 1.54) is 0 Å². The van der Waals surface area contributed by atoms with Gasteiger partial charge in [-0.15, -0.1) is 0 Å². The molecule has 2 heterocycles. The van der Waals surface area contributed by atoms with Crippen LogP contribution < -0.4 is 0 Å². The summed E-state index contributed by atoms with van der Waals surface area (Å²) in [7, 11) is 0. The van der Waals surface area contributed by atoms with Gasteiger partial charge < -0.3 is 9.52 Å². The second kappa shape index (κ2) is 5.12. The number of furan rings is 1. The lowest BCUT2D eigenvalue weighted by atomic mass is 10.1. The van der Waals surface area contributed by atoms with Crippen molar-refractivity contribution >= 4 is 31.9 Å². The predicted molar refractivity (Wildman–Crippen MR) is 67.0 cm³/mol. The molecule has 0 saturated heterocycles. The van der Waals surface area contributed by atoms with Gasteiger partial charge in [0.25, 0.3) is 0 Å². The van der Waals surface area contributed by atoms with Gasteiger partial charge in [-0.05, 0) is 50.1 Å². The summed E-state index contributed by atoms with van der Waals surface area (Å²) in [4.78, 5) is 4.17. The van der Waals surface area contributed by atoms with E-state index in [9.17, 15) is 5.11 Å². The number of aliphatic hydroxyl groups excluding tert-OH is 1. The zero-order chi connectivity index (χ0) is 11.5. The maximum Gasteiger partial charge on any atom is 0.106 e. The topological polar surface area (TPSA) is 46.3 Å². The summed E-state index contributed by atoms with van der Waals surface area (Å²) in [5.41, 5.74) is 0.611. The van der Waals surface area contributed by atoms with Crippen LogP contribution in [0.25, 0.3) is 0 Å². The van der Waals surface area contributed by atoms with Gasteiger partial charge >= 0.3 is 0 Å². The van der Waals surface area contributed by atoms with Crippen molar-refractivity contribution < 1.29 is 9.52 Å². The third-order valence-corrected chi connectivity index (χ3v) is 3.20. The van der Waals surface area contributed by atoms with Crippen LogP contribution in [0.1, 0.15) is 17.6 Å². The van der Waals surface area contributed by atoms with Crippen LogP contribution in [0, 0.1) is 0 Å². The van der Waals surface area contributed by atoms with E-state index < -0.39 is 6.10 Å². The molecule has 2 aromatic rings. The molecule has 1 atom stereocenters. The maximum absolute atomic E-state index is 10.00. The van der Waals surface area contributed by atoms with Crippen LogP contribution in [0.15, 0.2) is 44.0 Å². The van der Waals surface area contributed by atoms with E-state index in [1.54, 1.807) is 18.5 Å². The zero-order valence-corrected chi connectivity index (χ0v) is 11.4. The molecule has 1 unspecified atom stereocenters. The molecule has 0 aliphatic heterocycles. The molecular formula is C11H9Br2NO2. The molecule has 2 rings (SSSR count). The quantitative estimate of drug-likeness (QED) is 0.925. The molecule has 0 bridgehead atoms. The Balaban J connectivity index is 2.17. The van der Waals surface area contributed by atoms with Crippen molar-refractivity contribution in [3.8, 4) is 0 Å². The van der Waals surface area contributed by atoms with Gasteiger partial charge in [0.1, 0.15) is 11.9 Å². The summed E-state index contributed by atoms with van der Waals surface area (Å²) in [5, 5.41) is 10.00. The van der Waals surface area contributed by atoms with Gasteiger partial charge in [0.05, 0.1) is 12.0 Å². The van der Waals surface area contributed by atoms with Gasteiger partial charge in [0, 0.05) is 21.6 Å². The first-order chi connectivity index (χ1) is 7.66. The molecular weight excluding hydrogens is 338 g/mol. The fourth-order valence-electron chi connectivity index (χ4n) is 1.39. The van der Waals surface area contributed by atoms with Crippen molar-refractivity contribution in [1.82, 2.24) is 4.98 Å². The minimum atomic E-state index is -0.673. The average molecular weight is 347 g/mol. The number of pyridine rings is 1. The van der Waals surface area contributed by atoms with Gasteiger partial charge in [-0.25, -0.2) is 0 Å². The summed E-state index contributed by atoms with van der Waals surface area (Å²) in [5.74, 6) is 0.740. The Morgan fingerprint density at radius 3 is 2.88 bits per heavy atom. The lowest BCUT2D eigenvalue weighted by Crippen LogP contribution is -2.04. The molecule has 5 heteroatoms. The second-order valence-corrected chi connectivity index (χ2v) is 5.09. The normalized spacial score (nSPS) is 12.7. The summed E-state index contributed by atoms with van der Waals surface area (Å²) in [6, 6.07) is 5.48. The Morgan fingerprint density at radius 1 is 1.44 bits per heavy atom. The minimum absolute atomic E-state index is 0.417. The molecule has 0 radical (unpaired) electrons. The molecule has 0 spiro atoms. The highest BCUT2D eigenvalue weighted by Crippen LogP contribution is 2.26. The standard InChI is InChI=1S/C11H9Br2NO2/c12-7-4-9(13)11(14-6-7)10(15)5-8-2-1-3-16-8/h1-4,6,10,15H,5H2. The third kappa shape index (κ3) is 2.72. The van der Waals surface area contributed by atoms with Crippen LogP contribution in [-0.2, 0) is 6.42 Å². The van der Waals surface area contributed by atoms with Gasteiger partial charge in [-0.3, -0.25) is 4.98 Å². The van der Waals surface area contributed by atoms with E-state index in [0.717, 1.165) is 14.7 Å². The molecule has 16 heavy (non-hydrogen) atoms. The summed E-state index contributed by atoms with van der Waals surface area (Å²) in [6.07, 6.45) is 2.99. The fourth-order valence-corrected chi connectivity index (χ4v) is 2.64. The lowest BCUT2D eigenvalue weighted by molar-refractivity contribution is 0.165. The van der Waals surface area contributed by atoms with Crippen molar-refractivity contribution in [1.29, 1.82) is 0 Å². The van der Waals surface area contributed by atoms with E-state index in [-0.39, 0.29) is 0 Å². The van der Waals surface area contributed by atoms with Crippen LogP contribution >= 0.6 is 31.9 Å². The van der Waals surface area contributed by atoms with Crippen molar-refractivity contribution in [3.05, 3.63) is 51.1 Å². The first-order valence-corrected chi connectivity index (χ1v) is 6.27. The molecule has 0 amide bonds. The van der Waals surface area contributed by atoms with Crippen molar-refractivity contribution in [2.45, 2.75) is 12.5 Å². The second-order valence-electron chi connectivity index (χ2n) is 3.32. The predicted octanol–water partition coefficient (Wildman–Crippen LogP) is 3.48. The minimum Gasteiger partial charge on any atom is -0.469 e. The first-order valence-electron chi connectivity index (χ1n) is 4.68. The van der Waals surface area contributed by atoms with Gasteiger partial charge in [-0.2, -0.15) is 0 Å². The Morgan fingerprint density at radius 2 is 2.25 bits per heavy atom. The van der Waals surface area contributed by atoms with Crippen molar-refractivity contribution in [3.63, 3.8) is 0 Å². The van der Waals surface area contributed by atoms with E-state index in [4.69, 9.17) is 4.42 Å². The molecule has 0 aliphatic carbocycles. The number of aliphatic hydroxyl groups is 1. The number of halogens is 2. The number of aromatic nitrogens is 1. The molecule has 0 saturated carbocycles. The Kier molecular flexibility index (Phi) is 3.78. The van der Waals surface area contributed by atoms with Crippen LogP contribution in [0.5, 0.6) is 0 Å². The zero-order valence-electron chi connectivity index (χ0n) is 8.23. The fraction of sp³-hybridized carbons (Fsp3) is 0.182. The van der Waals surface area contributed by atoms with Crippen LogP contribution in [-0.4, -0.2) is 10.1 Å². The smallest absolute Gasteiger partial charge is 0.106 e. The Bertz CT molecular complexity index is 471. The lowest BCUT2D eigenvalue weighted by Gasteiger charge is -2.10. The van der Waals surface area contributed by atoms with Gasteiger partial charge in [-0.1, -0.05) is 0 Å². The molecule has 0 aromatic carbocycles. The van der Waals surface area contributed by atoms with Crippen LogP contribution in [0.4, 0.5) is 0 Å². The summed E-state index contributed by atoms with van der Waals surface area (Å²) >= 11 is 6.68. The van der Waals surface area contributed by atoms with Crippen molar-refractivity contribution in [2.24, 2.45) is 0 Å². The number of nitrogens with zero attached hydrogens (tertiary/aromatic N) is 1. The maximum atomic E-state index is 10.00. The molecule has 84 valence electrons. The van der Waals surface area contributed by atoms with E-state index in [1.807, 2.05) is 12.1 Å². The van der Waals surface area contributed by atoms with Gasteiger partial charge in [0.15, 0.2) is 0 Å². The first kappa shape index (κ1) is 11.8. The number of hydrogen-bond donors (Lipinski definition) is 1. The number of rotatable bonds is 3. The van der Waals surface area contributed by atoms with Gasteiger partial charge in [0.2, 0.25) is 0 Å². The SMILES string of the molecule is OC(Cc1ccco1)c1ncc(Br)cc1Br.